The molecule has 1 rings (SSSR count). The molecule has 3 heteroatoms. The van der Waals surface area contributed by atoms with Crippen molar-refractivity contribution in [1.82, 2.24) is 4.90 Å². The average molecular weight is 220 g/mol. The quantitative estimate of drug-likeness (QED) is 0.648. The molecule has 0 bridgehead atoms. The first-order valence-electron chi connectivity index (χ1n) is 4.00. The van der Waals surface area contributed by atoms with Crippen LogP contribution in [0.25, 0.3) is 0 Å². The number of halogens is 1. The summed E-state index contributed by atoms with van der Waals surface area (Å²) >= 11 is 3.40. The van der Waals surface area contributed by atoms with Crippen LogP contribution in [-0.4, -0.2) is 28.7 Å². The highest BCUT2D eigenvalue weighted by atomic mass is 79.9. The Bertz CT molecular complexity index is 158. The molecular formula is C8H14BrNO. The van der Waals surface area contributed by atoms with E-state index in [4.69, 9.17) is 0 Å². The highest BCUT2D eigenvalue weighted by Gasteiger charge is 2.29. The summed E-state index contributed by atoms with van der Waals surface area (Å²) in [5.41, 5.74) is 0. The summed E-state index contributed by atoms with van der Waals surface area (Å²) in [7, 11) is 0. The van der Waals surface area contributed by atoms with Gasteiger partial charge in [-0.3, -0.25) is 4.79 Å². The first-order valence-corrected chi connectivity index (χ1v) is 5.12. The van der Waals surface area contributed by atoms with Gasteiger partial charge in [-0.1, -0.05) is 15.9 Å². The first kappa shape index (κ1) is 9.04. The lowest BCUT2D eigenvalue weighted by atomic mass is 10.2. The summed E-state index contributed by atoms with van der Waals surface area (Å²) in [6, 6.07) is 0.367. The molecule has 64 valence electrons. The van der Waals surface area contributed by atoms with Gasteiger partial charge in [-0.15, -0.1) is 0 Å². The van der Waals surface area contributed by atoms with E-state index in [1.54, 1.807) is 0 Å². The largest absolute Gasteiger partial charge is 0.340 e. The molecule has 0 aromatic rings. The Morgan fingerprint density at radius 2 is 2.36 bits per heavy atom. The topological polar surface area (TPSA) is 20.3 Å². The van der Waals surface area contributed by atoms with Crippen molar-refractivity contribution in [1.29, 1.82) is 0 Å². The maximum Gasteiger partial charge on any atom is 0.223 e. The molecule has 2 nitrogen and oxygen atoms in total. The molecule has 1 atom stereocenters. The zero-order valence-corrected chi connectivity index (χ0v) is 8.60. The van der Waals surface area contributed by atoms with E-state index < -0.39 is 0 Å². The van der Waals surface area contributed by atoms with Gasteiger partial charge >= 0.3 is 0 Å². The summed E-state index contributed by atoms with van der Waals surface area (Å²) in [5.74, 6) is 0.842. The predicted octanol–water partition coefficient (Wildman–Crippen LogP) is 1.64. The van der Waals surface area contributed by atoms with Gasteiger partial charge in [0.1, 0.15) is 0 Å². The predicted molar refractivity (Wildman–Crippen MR) is 48.8 cm³/mol. The Kier molecular flexibility index (Phi) is 2.93. The van der Waals surface area contributed by atoms with Crippen LogP contribution in [0.2, 0.25) is 0 Å². The maximum absolute atomic E-state index is 11.3. The van der Waals surface area contributed by atoms with Gasteiger partial charge < -0.3 is 4.90 Å². The fraction of sp³-hybridized carbons (Fsp3) is 0.875. The van der Waals surface area contributed by atoms with E-state index in [0.717, 1.165) is 18.3 Å². The molecule has 1 unspecified atom stereocenters. The molecule has 1 fully saturated rings. The van der Waals surface area contributed by atoms with Crippen LogP contribution in [0.3, 0.4) is 0 Å². The number of amides is 1. The summed E-state index contributed by atoms with van der Waals surface area (Å²) in [4.78, 5) is 13.2. The second-order valence-electron chi connectivity index (χ2n) is 3.36. The Hall–Kier alpha value is -0.0500. The minimum atomic E-state index is 0.310. The molecule has 0 N–H and O–H groups in total. The van der Waals surface area contributed by atoms with Gasteiger partial charge in [0, 0.05) is 24.3 Å². The van der Waals surface area contributed by atoms with Crippen molar-refractivity contribution in [3.8, 4) is 0 Å². The Morgan fingerprint density at radius 3 is 2.64 bits per heavy atom. The van der Waals surface area contributed by atoms with Gasteiger partial charge in [-0.05, 0) is 19.8 Å². The molecule has 0 aromatic heterocycles. The number of hydrogen-bond acceptors (Lipinski definition) is 1. The van der Waals surface area contributed by atoms with Crippen molar-refractivity contribution in [3.63, 3.8) is 0 Å². The van der Waals surface area contributed by atoms with Gasteiger partial charge in [0.05, 0.1) is 0 Å². The summed E-state index contributed by atoms with van der Waals surface area (Å²) in [6.45, 7) is 5.06. The number of likely N-dealkylation sites (tertiary alicyclic amines) is 1. The van der Waals surface area contributed by atoms with Crippen molar-refractivity contribution in [2.75, 3.05) is 11.9 Å². The van der Waals surface area contributed by atoms with Crippen molar-refractivity contribution >= 4 is 21.8 Å². The van der Waals surface area contributed by atoms with Crippen LogP contribution in [0.4, 0.5) is 0 Å². The minimum Gasteiger partial charge on any atom is -0.340 e. The summed E-state index contributed by atoms with van der Waals surface area (Å²) < 4.78 is 0. The summed E-state index contributed by atoms with van der Waals surface area (Å²) in [6.07, 6.45) is 0.726. The Morgan fingerprint density at radius 1 is 1.73 bits per heavy atom. The maximum atomic E-state index is 11.3. The van der Waals surface area contributed by atoms with E-state index in [2.05, 4.69) is 29.8 Å². The van der Waals surface area contributed by atoms with Gasteiger partial charge in [0.2, 0.25) is 5.91 Å². The molecule has 1 aliphatic rings. The third-order valence-corrected chi connectivity index (χ3v) is 3.00. The van der Waals surface area contributed by atoms with Gasteiger partial charge in [-0.2, -0.15) is 0 Å². The first-order chi connectivity index (χ1) is 5.15. The monoisotopic (exact) mass is 219 g/mol. The zero-order chi connectivity index (χ0) is 8.43. The lowest BCUT2D eigenvalue weighted by Gasteiger charge is -2.20. The van der Waals surface area contributed by atoms with Crippen molar-refractivity contribution in [3.05, 3.63) is 0 Å². The van der Waals surface area contributed by atoms with Crippen LogP contribution in [0, 0.1) is 5.92 Å². The number of hydrogen-bond donors (Lipinski definition) is 0. The Labute approximate surface area is 76.1 Å². The number of carbonyl (C=O) groups excluding carboxylic acids is 1. The molecule has 0 saturated carbocycles. The highest BCUT2D eigenvalue weighted by molar-refractivity contribution is 9.09. The minimum absolute atomic E-state index is 0.310. The molecule has 11 heavy (non-hydrogen) atoms. The van der Waals surface area contributed by atoms with E-state index in [0.29, 0.717) is 17.9 Å². The van der Waals surface area contributed by atoms with E-state index in [9.17, 15) is 4.79 Å². The lowest BCUT2D eigenvalue weighted by molar-refractivity contribution is -0.129. The van der Waals surface area contributed by atoms with E-state index in [1.165, 1.54) is 0 Å². The van der Waals surface area contributed by atoms with Crippen LogP contribution < -0.4 is 0 Å². The standard InChI is InChI=1S/C8H14BrNO/c1-6(2)10-5-7(4-9)3-8(10)11/h6-7H,3-5H2,1-2H3. The molecule has 0 aliphatic carbocycles. The number of rotatable bonds is 2. The normalized spacial score (nSPS) is 25.3. The van der Waals surface area contributed by atoms with Crippen molar-refractivity contribution in [2.24, 2.45) is 5.92 Å². The molecule has 1 saturated heterocycles. The van der Waals surface area contributed by atoms with Gasteiger partial charge in [0.25, 0.3) is 0 Å². The Balaban J connectivity index is 2.52. The number of alkyl halides is 1. The third kappa shape index (κ3) is 1.95. The van der Waals surface area contributed by atoms with Gasteiger partial charge in [-0.25, -0.2) is 0 Å². The smallest absolute Gasteiger partial charge is 0.223 e. The fourth-order valence-electron chi connectivity index (χ4n) is 1.41. The molecule has 0 spiro atoms. The lowest BCUT2D eigenvalue weighted by Crippen LogP contribution is -2.32. The van der Waals surface area contributed by atoms with Gasteiger partial charge in [0.15, 0.2) is 0 Å². The van der Waals surface area contributed by atoms with Crippen LogP contribution in [0.1, 0.15) is 20.3 Å². The zero-order valence-electron chi connectivity index (χ0n) is 7.01. The SMILES string of the molecule is CC(C)N1CC(CBr)CC1=O. The average Bonchev–Trinajstić information content (AvgIpc) is 2.30. The van der Waals surface area contributed by atoms with E-state index >= 15 is 0 Å². The molecule has 0 radical (unpaired) electrons. The van der Waals surface area contributed by atoms with Crippen LogP contribution in [-0.2, 0) is 4.79 Å². The summed E-state index contributed by atoms with van der Waals surface area (Å²) in [5, 5.41) is 0.946. The second kappa shape index (κ2) is 3.57. The molecule has 1 heterocycles. The van der Waals surface area contributed by atoms with E-state index in [1.807, 2.05) is 4.90 Å². The third-order valence-electron chi connectivity index (χ3n) is 2.08. The number of carbonyl (C=O) groups is 1. The molecule has 1 amide bonds. The number of nitrogens with zero attached hydrogens (tertiary/aromatic N) is 1. The highest BCUT2D eigenvalue weighted by Crippen LogP contribution is 2.21. The fourth-order valence-corrected chi connectivity index (χ4v) is 1.84. The van der Waals surface area contributed by atoms with Crippen LogP contribution >= 0.6 is 15.9 Å². The van der Waals surface area contributed by atoms with Crippen molar-refractivity contribution in [2.45, 2.75) is 26.3 Å². The molecule has 1 aliphatic heterocycles. The van der Waals surface area contributed by atoms with E-state index in [-0.39, 0.29) is 0 Å². The molecular weight excluding hydrogens is 206 g/mol. The second-order valence-corrected chi connectivity index (χ2v) is 4.01. The molecule has 0 aromatic carbocycles. The van der Waals surface area contributed by atoms with Crippen LogP contribution in [0.15, 0.2) is 0 Å². The van der Waals surface area contributed by atoms with Crippen LogP contribution in [0.5, 0.6) is 0 Å². The van der Waals surface area contributed by atoms with Crippen molar-refractivity contribution < 1.29 is 4.79 Å².